The zero-order chi connectivity index (χ0) is 20.0. The van der Waals surface area contributed by atoms with Gasteiger partial charge in [-0.2, -0.15) is 4.72 Å². The first-order valence-corrected chi connectivity index (χ1v) is 11.4. The fraction of sp³-hybridized carbons (Fsp3) is 0.211. The molecule has 0 unspecified atom stereocenters. The Bertz CT molecular complexity index is 1260. The number of hydrogen-bond acceptors (Lipinski definition) is 6. The van der Waals surface area contributed by atoms with Crippen LogP contribution in [0, 0.1) is 0 Å². The van der Waals surface area contributed by atoms with Crippen LogP contribution in [0.25, 0.3) is 21.3 Å². The van der Waals surface area contributed by atoms with Crippen molar-refractivity contribution in [2.45, 2.75) is 23.2 Å². The third kappa shape index (κ3) is 3.39. The largest absolute Gasteiger partial charge is 0.356 e. The minimum absolute atomic E-state index is 0.166. The number of rotatable bonds is 5. The van der Waals surface area contributed by atoms with Crippen LogP contribution in [0.3, 0.4) is 0 Å². The van der Waals surface area contributed by atoms with Gasteiger partial charge < -0.3 is 9.88 Å². The van der Waals surface area contributed by atoms with Crippen LogP contribution < -0.4 is 4.72 Å². The fourth-order valence-corrected chi connectivity index (χ4v) is 6.11. The van der Waals surface area contributed by atoms with Crippen molar-refractivity contribution in [3.63, 3.8) is 0 Å². The molecular weight excluding hydrogens is 410 g/mol. The van der Waals surface area contributed by atoms with E-state index in [0.29, 0.717) is 25.0 Å². The lowest BCUT2D eigenvalue weighted by molar-refractivity contribution is -0.129. The lowest BCUT2D eigenvalue weighted by atomic mass is 10.3. The second-order valence-corrected chi connectivity index (χ2v) is 9.93. The average molecular weight is 428 g/mol. The van der Waals surface area contributed by atoms with Crippen LogP contribution in [-0.2, 0) is 21.4 Å². The molecule has 10 heteroatoms. The van der Waals surface area contributed by atoms with Crippen molar-refractivity contribution >= 4 is 48.5 Å². The molecule has 0 saturated carbocycles. The molecule has 0 bridgehead atoms. The molecule has 1 aliphatic heterocycles. The van der Waals surface area contributed by atoms with Gasteiger partial charge in [0.1, 0.15) is 10.3 Å². The van der Waals surface area contributed by atoms with Crippen LogP contribution in [0.5, 0.6) is 0 Å². The second kappa shape index (κ2) is 6.90. The van der Waals surface area contributed by atoms with Gasteiger partial charge in [0.2, 0.25) is 5.91 Å². The third-order valence-electron chi connectivity index (χ3n) is 4.93. The Hall–Kier alpha value is -2.82. The van der Waals surface area contributed by atoms with Gasteiger partial charge in [-0.15, -0.1) is 11.3 Å². The summed E-state index contributed by atoms with van der Waals surface area (Å²) in [5.74, 6) is -0.223. The maximum Gasteiger partial charge on any atom is 0.250 e. The van der Waals surface area contributed by atoms with Crippen molar-refractivity contribution in [3.8, 4) is 0 Å². The normalized spacial score (nSPS) is 17.6. The number of carbonyl (C=O) groups is 1. The van der Waals surface area contributed by atoms with Crippen LogP contribution in [0.1, 0.15) is 12.1 Å². The highest BCUT2D eigenvalue weighted by Gasteiger charge is 2.35. The molecule has 4 aromatic heterocycles. The predicted molar refractivity (Wildman–Crippen MR) is 110 cm³/mol. The quantitative estimate of drug-likeness (QED) is 0.508. The molecule has 1 atom stereocenters. The number of sulfonamides is 1. The number of nitrogens with zero attached hydrogens (tertiary/aromatic N) is 3. The number of aromatic amines is 1. The van der Waals surface area contributed by atoms with Gasteiger partial charge in [0.05, 0.1) is 27.8 Å². The first-order chi connectivity index (χ1) is 14.0. The highest BCUT2D eigenvalue weighted by Crippen LogP contribution is 2.28. The molecule has 148 valence electrons. The van der Waals surface area contributed by atoms with E-state index in [4.69, 9.17) is 0 Å². The molecule has 1 aliphatic rings. The molecule has 2 N–H and O–H groups in total. The number of fused-ring (bicyclic) bond motifs is 2. The molecule has 1 fully saturated rings. The predicted octanol–water partition coefficient (Wildman–Crippen LogP) is 2.25. The number of aromatic nitrogens is 3. The van der Waals surface area contributed by atoms with E-state index >= 15 is 0 Å². The number of hydrogen-bond donors (Lipinski definition) is 2. The van der Waals surface area contributed by atoms with Crippen molar-refractivity contribution in [1.29, 1.82) is 0 Å². The first-order valence-electron chi connectivity index (χ1n) is 9.08. The zero-order valence-corrected chi connectivity index (χ0v) is 16.8. The van der Waals surface area contributed by atoms with Gasteiger partial charge in [-0.05, 0) is 42.8 Å². The minimum Gasteiger partial charge on any atom is -0.356 e. The summed E-state index contributed by atoms with van der Waals surface area (Å²) in [6.07, 6.45) is 3.77. The van der Waals surface area contributed by atoms with Crippen molar-refractivity contribution in [2.24, 2.45) is 0 Å². The number of likely N-dealkylation sites (tertiary alicyclic amines) is 1. The number of amides is 1. The molecule has 5 heterocycles. The summed E-state index contributed by atoms with van der Waals surface area (Å²) in [6, 6.07) is 10.0. The van der Waals surface area contributed by atoms with Crippen LogP contribution in [-0.4, -0.2) is 46.8 Å². The van der Waals surface area contributed by atoms with Crippen LogP contribution in [0.4, 0.5) is 0 Å². The van der Waals surface area contributed by atoms with Gasteiger partial charge in [0.25, 0.3) is 10.0 Å². The molecule has 0 aromatic carbocycles. The molecule has 0 radical (unpaired) electrons. The van der Waals surface area contributed by atoms with E-state index in [1.807, 2.05) is 24.3 Å². The van der Waals surface area contributed by atoms with E-state index in [1.54, 1.807) is 23.4 Å². The van der Waals surface area contributed by atoms with E-state index in [1.165, 1.54) is 6.07 Å². The Morgan fingerprint density at radius 3 is 2.76 bits per heavy atom. The minimum atomic E-state index is -3.79. The second-order valence-electron chi connectivity index (χ2n) is 6.91. The van der Waals surface area contributed by atoms with Gasteiger partial charge in [0.15, 0.2) is 0 Å². The summed E-state index contributed by atoms with van der Waals surface area (Å²) in [7, 11) is -3.79. The van der Waals surface area contributed by atoms with Gasteiger partial charge in [-0.25, -0.2) is 8.42 Å². The molecular formula is C19H17N5O3S2. The zero-order valence-electron chi connectivity index (χ0n) is 15.2. The standard InChI is InChI=1S/C19H17N5O3S2/c25-19-14(23-29(26,27)18-10-16-17(28-18)4-2-7-21-16)5-8-24(19)11-12-9-15-13(22-12)3-1-6-20-15/h1-4,6-7,9-10,14,22-23H,5,8,11H2/t14-/m0/s1. The maximum absolute atomic E-state index is 12.8. The number of carbonyl (C=O) groups excluding carboxylic acids is 1. The fourth-order valence-electron chi connectivity index (χ4n) is 3.53. The Morgan fingerprint density at radius 2 is 1.97 bits per heavy atom. The van der Waals surface area contributed by atoms with Gasteiger partial charge in [-0.3, -0.25) is 14.8 Å². The smallest absolute Gasteiger partial charge is 0.250 e. The molecule has 29 heavy (non-hydrogen) atoms. The summed E-state index contributed by atoms with van der Waals surface area (Å²) in [5, 5.41) is 0. The maximum atomic E-state index is 12.8. The van der Waals surface area contributed by atoms with Crippen LogP contribution >= 0.6 is 11.3 Å². The van der Waals surface area contributed by atoms with E-state index in [2.05, 4.69) is 19.7 Å². The molecule has 1 saturated heterocycles. The molecule has 0 aliphatic carbocycles. The highest BCUT2D eigenvalue weighted by atomic mass is 32.2. The van der Waals surface area contributed by atoms with Crippen LogP contribution in [0.2, 0.25) is 0 Å². The van der Waals surface area contributed by atoms with Gasteiger partial charge >= 0.3 is 0 Å². The Kier molecular flexibility index (Phi) is 4.34. The molecule has 8 nitrogen and oxygen atoms in total. The SMILES string of the molecule is O=C1[C@@H](NS(=O)(=O)c2cc3ncccc3s2)CCN1Cc1cc2ncccc2[nH]1. The molecule has 1 amide bonds. The number of nitrogens with one attached hydrogen (secondary N) is 2. The topological polar surface area (TPSA) is 108 Å². The van der Waals surface area contributed by atoms with Crippen LogP contribution in [0.15, 0.2) is 53.0 Å². The Balaban J connectivity index is 1.31. The van der Waals surface area contributed by atoms with Crippen molar-refractivity contribution in [2.75, 3.05) is 6.54 Å². The summed E-state index contributed by atoms with van der Waals surface area (Å²) < 4.78 is 29.1. The third-order valence-corrected chi connectivity index (χ3v) is 7.97. The van der Waals surface area contributed by atoms with Gasteiger partial charge in [0, 0.05) is 24.6 Å². The Morgan fingerprint density at radius 1 is 1.17 bits per heavy atom. The van der Waals surface area contributed by atoms with E-state index in [9.17, 15) is 13.2 Å². The monoisotopic (exact) mass is 427 g/mol. The summed E-state index contributed by atoms with van der Waals surface area (Å²) in [6.45, 7) is 0.878. The van der Waals surface area contributed by atoms with E-state index < -0.39 is 16.1 Å². The number of pyridine rings is 2. The van der Waals surface area contributed by atoms with E-state index in [-0.39, 0.29) is 10.1 Å². The lowest BCUT2D eigenvalue weighted by Gasteiger charge is -2.16. The first kappa shape index (κ1) is 18.2. The summed E-state index contributed by atoms with van der Waals surface area (Å²) in [4.78, 5) is 26.1. The number of thiophene rings is 1. The summed E-state index contributed by atoms with van der Waals surface area (Å²) in [5.41, 5.74) is 3.24. The van der Waals surface area contributed by atoms with Crippen molar-refractivity contribution in [3.05, 3.63) is 54.5 Å². The molecule has 0 spiro atoms. The highest BCUT2D eigenvalue weighted by molar-refractivity contribution is 7.91. The molecule has 4 aromatic rings. The summed E-state index contributed by atoms with van der Waals surface area (Å²) >= 11 is 1.14. The Labute approximate surface area is 170 Å². The van der Waals surface area contributed by atoms with Gasteiger partial charge in [-0.1, -0.05) is 0 Å². The number of H-pyrrole nitrogens is 1. The van der Waals surface area contributed by atoms with E-state index in [0.717, 1.165) is 32.8 Å². The average Bonchev–Trinajstić information content (AvgIpc) is 3.40. The molecule has 5 rings (SSSR count). The lowest BCUT2D eigenvalue weighted by Crippen LogP contribution is -2.41. The van der Waals surface area contributed by atoms with Crippen molar-refractivity contribution < 1.29 is 13.2 Å². The van der Waals surface area contributed by atoms with Crippen molar-refractivity contribution in [1.82, 2.24) is 24.6 Å².